The Morgan fingerprint density at radius 2 is 1.77 bits per heavy atom. The van der Waals surface area contributed by atoms with E-state index in [4.69, 9.17) is 0 Å². The van der Waals surface area contributed by atoms with Crippen LogP contribution in [0.2, 0.25) is 0 Å². The highest BCUT2D eigenvalue weighted by Gasteiger charge is 2.40. The summed E-state index contributed by atoms with van der Waals surface area (Å²) in [6, 6.07) is 7.10. The smallest absolute Gasteiger partial charge is 0.0122 e. The molecule has 1 fully saturated rings. The van der Waals surface area contributed by atoms with Gasteiger partial charge in [-0.15, -0.1) is 0 Å². The first-order chi connectivity index (χ1) is 10.8. The molecule has 4 unspecified atom stereocenters. The van der Waals surface area contributed by atoms with Gasteiger partial charge in [-0.3, -0.25) is 0 Å². The van der Waals surface area contributed by atoms with Crippen LogP contribution in [-0.4, -0.2) is 0 Å². The highest BCUT2D eigenvalue weighted by atomic mass is 14.4. The van der Waals surface area contributed by atoms with Crippen molar-refractivity contribution >= 4 is 0 Å². The van der Waals surface area contributed by atoms with E-state index in [9.17, 15) is 0 Å². The zero-order valence-corrected chi connectivity index (χ0v) is 14.4. The summed E-state index contributed by atoms with van der Waals surface area (Å²) in [5, 5.41) is 0. The molecule has 2 aliphatic carbocycles. The van der Waals surface area contributed by atoms with Crippen molar-refractivity contribution in [2.45, 2.75) is 58.8 Å². The Balaban J connectivity index is 1.95. The Bertz CT molecular complexity index is 563. The third-order valence-electron chi connectivity index (χ3n) is 5.79. The van der Waals surface area contributed by atoms with E-state index in [0.717, 1.165) is 23.7 Å². The molecule has 0 aliphatic heterocycles. The quantitative estimate of drug-likeness (QED) is 0.618. The average Bonchev–Trinajstić information content (AvgIpc) is 2.87. The lowest BCUT2D eigenvalue weighted by Crippen LogP contribution is -2.13. The number of allylic oxidation sites excluding steroid dienone is 4. The van der Waals surface area contributed by atoms with E-state index in [0.29, 0.717) is 0 Å². The van der Waals surface area contributed by atoms with E-state index in [1.807, 2.05) is 0 Å². The summed E-state index contributed by atoms with van der Waals surface area (Å²) in [7, 11) is 0. The molecule has 1 saturated carbocycles. The Hall–Kier alpha value is -1.30. The normalized spacial score (nSPS) is 29.8. The van der Waals surface area contributed by atoms with Crippen molar-refractivity contribution in [1.82, 2.24) is 0 Å². The van der Waals surface area contributed by atoms with Gasteiger partial charge in [-0.1, -0.05) is 76.1 Å². The summed E-state index contributed by atoms with van der Waals surface area (Å²) in [5.74, 6) is 3.01. The molecule has 0 bridgehead atoms. The molecule has 0 heterocycles. The van der Waals surface area contributed by atoms with Crippen LogP contribution in [0.5, 0.6) is 0 Å². The fraction of sp³-hybridized carbons (Fsp3) is 0.545. The number of hydrogen-bond acceptors (Lipinski definition) is 0. The molecular formula is C22H30. The molecule has 22 heavy (non-hydrogen) atoms. The van der Waals surface area contributed by atoms with Gasteiger partial charge in [-0.2, -0.15) is 0 Å². The van der Waals surface area contributed by atoms with Gasteiger partial charge in [0.25, 0.3) is 0 Å². The molecule has 0 radical (unpaired) electrons. The lowest BCUT2D eigenvalue weighted by Gasteiger charge is -2.24. The van der Waals surface area contributed by atoms with E-state index in [2.05, 4.69) is 63.3 Å². The molecular weight excluding hydrogens is 264 g/mol. The Kier molecular flexibility index (Phi) is 4.86. The van der Waals surface area contributed by atoms with Gasteiger partial charge < -0.3 is 0 Å². The van der Waals surface area contributed by atoms with Gasteiger partial charge >= 0.3 is 0 Å². The van der Waals surface area contributed by atoms with Gasteiger partial charge in [0.15, 0.2) is 0 Å². The number of fused-ring (bicyclic) bond motifs is 1. The molecule has 0 N–H and O–H groups in total. The first-order valence-electron chi connectivity index (χ1n) is 9.21. The maximum Gasteiger partial charge on any atom is -0.0122 e. The molecule has 0 spiro atoms. The molecule has 2 aliphatic rings. The Morgan fingerprint density at radius 1 is 1.00 bits per heavy atom. The van der Waals surface area contributed by atoms with Crippen molar-refractivity contribution in [2.24, 2.45) is 17.8 Å². The maximum absolute atomic E-state index is 2.47. The molecule has 0 amide bonds. The first-order valence-corrected chi connectivity index (χ1v) is 9.21. The predicted molar refractivity (Wildman–Crippen MR) is 96.2 cm³/mol. The standard InChI is InChI=1S/C22H30/c1-4-9-17-12-8-14-21(20(17)10-5-2)22-15-18-11-6-7-13-19(18)16(22)3/h6-8,11-14,16,18-19,22H,4-5,9-10,15H2,1-3H3. The summed E-state index contributed by atoms with van der Waals surface area (Å²) in [4.78, 5) is 0. The minimum absolute atomic E-state index is 0.737. The highest BCUT2D eigenvalue weighted by Crippen LogP contribution is 2.50. The van der Waals surface area contributed by atoms with Gasteiger partial charge in [0.1, 0.15) is 0 Å². The van der Waals surface area contributed by atoms with Crippen molar-refractivity contribution in [3.63, 3.8) is 0 Å². The molecule has 0 nitrogen and oxygen atoms in total. The van der Waals surface area contributed by atoms with Crippen LogP contribution in [0.1, 0.15) is 62.6 Å². The molecule has 4 atom stereocenters. The second-order valence-electron chi connectivity index (χ2n) is 7.20. The number of aryl methyl sites for hydroxylation is 1. The van der Waals surface area contributed by atoms with Crippen molar-refractivity contribution < 1.29 is 0 Å². The molecule has 1 aromatic carbocycles. The molecule has 0 aromatic heterocycles. The van der Waals surface area contributed by atoms with Gasteiger partial charge in [-0.25, -0.2) is 0 Å². The minimum atomic E-state index is 0.737. The van der Waals surface area contributed by atoms with Crippen molar-refractivity contribution in [1.29, 1.82) is 0 Å². The van der Waals surface area contributed by atoms with E-state index >= 15 is 0 Å². The topological polar surface area (TPSA) is 0 Å². The summed E-state index contributed by atoms with van der Waals surface area (Å²) in [5.41, 5.74) is 4.95. The Morgan fingerprint density at radius 3 is 2.50 bits per heavy atom. The molecule has 0 saturated heterocycles. The van der Waals surface area contributed by atoms with Crippen LogP contribution in [0.4, 0.5) is 0 Å². The zero-order valence-electron chi connectivity index (χ0n) is 14.4. The maximum atomic E-state index is 2.47. The van der Waals surface area contributed by atoms with Crippen LogP contribution in [-0.2, 0) is 12.8 Å². The van der Waals surface area contributed by atoms with E-state index in [-0.39, 0.29) is 0 Å². The van der Waals surface area contributed by atoms with Crippen LogP contribution >= 0.6 is 0 Å². The van der Waals surface area contributed by atoms with E-state index in [1.165, 1.54) is 32.1 Å². The van der Waals surface area contributed by atoms with Gasteiger partial charge in [0, 0.05) is 0 Å². The van der Waals surface area contributed by atoms with Gasteiger partial charge in [0.2, 0.25) is 0 Å². The lowest BCUT2D eigenvalue weighted by molar-refractivity contribution is 0.429. The molecule has 3 rings (SSSR count). The van der Waals surface area contributed by atoms with Crippen LogP contribution in [0.15, 0.2) is 42.5 Å². The van der Waals surface area contributed by atoms with Crippen LogP contribution < -0.4 is 0 Å². The summed E-state index contributed by atoms with van der Waals surface area (Å²) >= 11 is 0. The Labute approximate surface area is 136 Å². The third kappa shape index (κ3) is 2.81. The molecule has 1 aromatic rings. The molecule has 0 heteroatoms. The van der Waals surface area contributed by atoms with Crippen molar-refractivity contribution in [2.75, 3.05) is 0 Å². The number of rotatable bonds is 5. The SMILES string of the molecule is CCCc1cccc(C2CC3C=CC=CC3C2C)c1CCC. The number of hydrogen-bond donors (Lipinski definition) is 0. The van der Waals surface area contributed by atoms with Crippen molar-refractivity contribution in [3.05, 3.63) is 59.2 Å². The van der Waals surface area contributed by atoms with Crippen molar-refractivity contribution in [3.8, 4) is 0 Å². The largest absolute Gasteiger partial charge is 0.0808 e. The van der Waals surface area contributed by atoms with E-state index in [1.54, 1.807) is 16.7 Å². The summed E-state index contributed by atoms with van der Waals surface area (Å²) in [6.07, 6.45) is 15.7. The fourth-order valence-corrected chi connectivity index (χ4v) is 4.72. The fourth-order valence-electron chi connectivity index (χ4n) is 4.72. The van der Waals surface area contributed by atoms with Gasteiger partial charge in [0.05, 0.1) is 0 Å². The molecule has 118 valence electrons. The van der Waals surface area contributed by atoms with Crippen LogP contribution in [0, 0.1) is 17.8 Å². The third-order valence-corrected chi connectivity index (χ3v) is 5.79. The number of benzene rings is 1. The highest BCUT2D eigenvalue weighted by molar-refractivity contribution is 5.40. The van der Waals surface area contributed by atoms with Gasteiger partial charge in [-0.05, 0) is 59.6 Å². The zero-order chi connectivity index (χ0) is 15.5. The monoisotopic (exact) mass is 294 g/mol. The second kappa shape index (κ2) is 6.86. The summed E-state index contributed by atoms with van der Waals surface area (Å²) < 4.78 is 0. The second-order valence-corrected chi connectivity index (χ2v) is 7.20. The van der Waals surface area contributed by atoms with Crippen LogP contribution in [0.3, 0.4) is 0 Å². The van der Waals surface area contributed by atoms with E-state index < -0.39 is 0 Å². The minimum Gasteiger partial charge on any atom is -0.0808 e. The lowest BCUT2D eigenvalue weighted by atomic mass is 9.81. The predicted octanol–water partition coefficient (Wildman–Crippen LogP) is 6.07. The first kappa shape index (κ1) is 15.6. The average molecular weight is 294 g/mol. The summed E-state index contributed by atoms with van der Waals surface area (Å²) in [6.45, 7) is 7.08. The van der Waals surface area contributed by atoms with Crippen LogP contribution in [0.25, 0.3) is 0 Å².